The summed E-state index contributed by atoms with van der Waals surface area (Å²) in [5.41, 5.74) is 2.59. The molecule has 0 atom stereocenters. The Hall–Kier alpha value is -6.22. The van der Waals surface area contributed by atoms with Crippen molar-refractivity contribution < 1.29 is 38.1 Å². The van der Waals surface area contributed by atoms with Crippen LogP contribution in [0.2, 0.25) is 0 Å². The highest BCUT2D eigenvalue weighted by Gasteiger charge is 2.14. The van der Waals surface area contributed by atoms with E-state index in [1.165, 1.54) is 101 Å². The van der Waals surface area contributed by atoms with Gasteiger partial charge in [-0.05, 0) is 115 Å². The number of esters is 3. The van der Waals surface area contributed by atoms with Gasteiger partial charge >= 0.3 is 17.9 Å². The molecule has 0 aliphatic carbocycles. The molecule has 9 nitrogen and oxygen atoms in total. The van der Waals surface area contributed by atoms with Gasteiger partial charge in [0.05, 0.1) is 35.6 Å². The minimum absolute atomic E-state index is 0.194. The average Bonchev–Trinajstić information content (AvgIpc) is 3.28. The second-order valence-corrected chi connectivity index (χ2v) is 15.0. The number of ether oxygens (including phenoxy) is 5. The summed E-state index contributed by atoms with van der Waals surface area (Å²) in [6.45, 7) is 5.81. The van der Waals surface area contributed by atoms with Gasteiger partial charge in [-0.1, -0.05) is 109 Å². The van der Waals surface area contributed by atoms with Gasteiger partial charge in [0.15, 0.2) is 0 Å². The summed E-state index contributed by atoms with van der Waals surface area (Å²) < 4.78 is 28.3. The van der Waals surface area contributed by atoms with Gasteiger partial charge in [-0.15, -0.1) is 0 Å². The third-order valence-corrected chi connectivity index (χ3v) is 10.00. The van der Waals surface area contributed by atoms with E-state index in [-0.39, 0.29) is 22.8 Å². The standard InChI is InChI=1S/C52H59NO8/c1-3-5-7-9-11-12-14-16-37-58-46-34-28-44(29-35-46)53-39-40-20-22-41(23-21-40)51(55)60-48-18-17-19-49(38-48)61-52(56)43-26-32-47(33-27-43)59-50(54)42-24-30-45(31-25-42)57-36-15-13-10-8-6-4-2/h17-35,38-39H,3-16,36-37H2,1-2H3. The molecule has 0 radical (unpaired) electrons. The molecule has 0 fully saturated rings. The maximum Gasteiger partial charge on any atom is 0.343 e. The lowest BCUT2D eigenvalue weighted by Gasteiger charge is -2.09. The van der Waals surface area contributed by atoms with E-state index in [0.29, 0.717) is 23.5 Å². The molecule has 0 bridgehead atoms. The first kappa shape index (κ1) is 45.9. The number of benzene rings is 5. The van der Waals surface area contributed by atoms with Crippen LogP contribution in [0.15, 0.2) is 126 Å². The fourth-order valence-electron chi connectivity index (χ4n) is 6.43. The average molecular weight is 826 g/mol. The van der Waals surface area contributed by atoms with E-state index in [1.807, 2.05) is 24.3 Å². The highest BCUT2D eigenvalue weighted by atomic mass is 16.5. The Morgan fingerprint density at radius 3 is 1.26 bits per heavy atom. The van der Waals surface area contributed by atoms with Crippen molar-refractivity contribution in [2.75, 3.05) is 13.2 Å². The van der Waals surface area contributed by atoms with E-state index in [0.717, 1.165) is 42.9 Å². The van der Waals surface area contributed by atoms with Gasteiger partial charge < -0.3 is 23.7 Å². The van der Waals surface area contributed by atoms with Gasteiger partial charge in [0.2, 0.25) is 0 Å². The molecule has 5 aromatic carbocycles. The summed E-state index contributed by atoms with van der Waals surface area (Å²) in [6.07, 6.45) is 19.0. The van der Waals surface area contributed by atoms with Crippen LogP contribution in [-0.4, -0.2) is 37.3 Å². The fourth-order valence-corrected chi connectivity index (χ4v) is 6.43. The van der Waals surface area contributed by atoms with Crippen LogP contribution in [-0.2, 0) is 0 Å². The lowest BCUT2D eigenvalue weighted by Crippen LogP contribution is -2.11. The van der Waals surface area contributed by atoms with E-state index in [1.54, 1.807) is 72.9 Å². The Morgan fingerprint density at radius 1 is 0.426 bits per heavy atom. The summed E-state index contributed by atoms with van der Waals surface area (Å²) in [6, 6.07) is 33.8. The Bertz CT molecular complexity index is 2090. The summed E-state index contributed by atoms with van der Waals surface area (Å²) in [5, 5.41) is 0. The Labute approximate surface area is 361 Å². The number of aliphatic imine (C=N–C) groups is 1. The molecular weight excluding hydrogens is 767 g/mol. The highest BCUT2D eigenvalue weighted by Crippen LogP contribution is 2.24. The molecule has 0 saturated carbocycles. The van der Waals surface area contributed by atoms with Crippen molar-refractivity contribution in [3.8, 4) is 28.7 Å². The maximum atomic E-state index is 12.9. The summed E-state index contributed by atoms with van der Waals surface area (Å²) in [5.74, 6) is 0.505. The summed E-state index contributed by atoms with van der Waals surface area (Å²) in [4.78, 5) is 43.2. The minimum atomic E-state index is -0.631. The molecular formula is C52H59NO8. The van der Waals surface area contributed by atoms with Crippen LogP contribution in [0.3, 0.4) is 0 Å². The summed E-state index contributed by atoms with van der Waals surface area (Å²) in [7, 11) is 0. The second-order valence-electron chi connectivity index (χ2n) is 15.0. The van der Waals surface area contributed by atoms with Crippen LogP contribution in [0.4, 0.5) is 5.69 Å². The first-order chi connectivity index (χ1) is 29.9. The highest BCUT2D eigenvalue weighted by molar-refractivity contribution is 5.94. The topological polar surface area (TPSA) is 110 Å². The van der Waals surface area contributed by atoms with E-state index in [9.17, 15) is 14.4 Å². The van der Waals surface area contributed by atoms with Crippen LogP contribution in [0.1, 0.15) is 140 Å². The number of nitrogens with zero attached hydrogens (tertiary/aromatic N) is 1. The number of carbonyl (C=O) groups is 3. The molecule has 0 spiro atoms. The lowest BCUT2D eigenvalue weighted by atomic mass is 10.1. The molecule has 0 unspecified atom stereocenters. The molecule has 0 aliphatic heterocycles. The van der Waals surface area contributed by atoms with Crippen molar-refractivity contribution in [2.24, 2.45) is 4.99 Å². The van der Waals surface area contributed by atoms with Gasteiger partial charge in [-0.2, -0.15) is 0 Å². The molecule has 9 heteroatoms. The fraction of sp³-hybridized carbons (Fsp3) is 0.346. The number of rotatable bonds is 26. The number of unbranched alkanes of at least 4 members (excludes halogenated alkanes) is 12. The predicted octanol–water partition coefficient (Wildman–Crippen LogP) is 13.4. The van der Waals surface area contributed by atoms with Crippen LogP contribution >= 0.6 is 0 Å². The van der Waals surface area contributed by atoms with Gasteiger partial charge in [0, 0.05) is 12.3 Å². The minimum Gasteiger partial charge on any atom is -0.494 e. The third-order valence-electron chi connectivity index (χ3n) is 10.00. The molecule has 0 aliphatic rings. The van der Waals surface area contributed by atoms with E-state index in [2.05, 4.69) is 18.8 Å². The van der Waals surface area contributed by atoms with Crippen LogP contribution in [0.5, 0.6) is 28.7 Å². The van der Waals surface area contributed by atoms with E-state index in [4.69, 9.17) is 23.7 Å². The van der Waals surface area contributed by atoms with E-state index < -0.39 is 17.9 Å². The number of carbonyl (C=O) groups excluding carboxylic acids is 3. The Kier molecular flexibility index (Phi) is 19.6. The Morgan fingerprint density at radius 2 is 0.803 bits per heavy atom. The zero-order valence-corrected chi connectivity index (χ0v) is 35.7. The molecule has 320 valence electrons. The van der Waals surface area contributed by atoms with E-state index >= 15 is 0 Å². The first-order valence-corrected chi connectivity index (χ1v) is 21.9. The van der Waals surface area contributed by atoms with Crippen molar-refractivity contribution in [3.63, 3.8) is 0 Å². The molecule has 5 rings (SSSR count). The molecule has 0 amide bonds. The smallest absolute Gasteiger partial charge is 0.343 e. The zero-order valence-electron chi connectivity index (χ0n) is 35.7. The SMILES string of the molecule is CCCCCCCCCCOc1ccc(N=Cc2ccc(C(=O)Oc3cccc(OC(=O)c4ccc(OC(=O)c5ccc(OCCCCCCCC)cc5)cc4)c3)cc2)cc1. The third kappa shape index (κ3) is 16.8. The van der Waals surface area contributed by atoms with Crippen molar-refractivity contribution in [3.05, 3.63) is 144 Å². The summed E-state index contributed by atoms with van der Waals surface area (Å²) >= 11 is 0. The second kappa shape index (κ2) is 26.1. The van der Waals surface area contributed by atoms with Crippen LogP contribution in [0, 0.1) is 0 Å². The molecule has 61 heavy (non-hydrogen) atoms. The number of hydrogen-bond donors (Lipinski definition) is 0. The molecule has 0 heterocycles. The Balaban J connectivity index is 1.02. The molecule has 5 aromatic rings. The number of hydrogen-bond acceptors (Lipinski definition) is 9. The predicted molar refractivity (Wildman–Crippen MR) is 241 cm³/mol. The van der Waals surface area contributed by atoms with Crippen LogP contribution in [0.25, 0.3) is 0 Å². The van der Waals surface area contributed by atoms with Gasteiger partial charge in [-0.25, -0.2) is 14.4 Å². The zero-order chi connectivity index (χ0) is 42.9. The van der Waals surface area contributed by atoms with Crippen molar-refractivity contribution in [1.29, 1.82) is 0 Å². The molecule has 0 aromatic heterocycles. The van der Waals surface area contributed by atoms with Gasteiger partial charge in [0.25, 0.3) is 0 Å². The van der Waals surface area contributed by atoms with Crippen molar-refractivity contribution in [2.45, 2.75) is 104 Å². The van der Waals surface area contributed by atoms with Crippen molar-refractivity contribution in [1.82, 2.24) is 0 Å². The first-order valence-electron chi connectivity index (χ1n) is 21.9. The molecule has 0 N–H and O–H groups in total. The van der Waals surface area contributed by atoms with Gasteiger partial charge in [0.1, 0.15) is 28.7 Å². The maximum absolute atomic E-state index is 12.9. The largest absolute Gasteiger partial charge is 0.494 e. The molecule has 0 saturated heterocycles. The normalized spacial score (nSPS) is 11.0. The van der Waals surface area contributed by atoms with Crippen LogP contribution < -0.4 is 23.7 Å². The monoisotopic (exact) mass is 825 g/mol. The van der Waals surface area contributed by atoms with Crippen molar-refractivity contribution >= 4 is 29.8 Å². The quantitative estimate of drug-likeness (QED) is 0.0235. The lowest BCUT2D eigenvalue weighted by molar-refractivity contribution is 0.0723. The van der Waals surface area contributed by atoms with Gasteiger partial charge in [-0.3, -0.25) is 4.99 Å².